The highest BCUT2D eigenvalue weighted by Crippen LogP contribution is 2.12. The van der Waals surface area contributed by atoms with Crippen LogP contribution in [-0.4, -0.2) is 31.4 Å². The fraction of sp³-hybridized carbons (Fsp3) is 0.500. The number of benzene rings is 1. The van der Waals surface area contributed by atoms with Gasteiger partial charge in [-0.15, -0.1) is 0 Å². The van der Waals surface area contributed by atoms with Gasteiger partial charge >= 0.3 is 5.97 Å². The molecule has 0 aliphatic carbocycles. The molecule has 1 aliphatic rings. The molecule has 0 aromatic heterocycles. The van der Waals surface area contributed by atoms with Crippen molar-refractivity contribution < 1.29 is 19.4 Å². The Balaban J connectivity index is 0.000000225. The summed E-state index contributed by atoms with van der Waals surface area (Å²) in [5.41, 5.74) is 0.546. The molecular formula is C14H20O4. The fourth-order valence-electron chi connectivity index (χ4n) is 1.57. The number of aliphatic hydroxyl groups excluding tert-OH is 1. The summed E-state index contributed by atoms with van der Waals surface area (Å²) in [7, 11) is 1.24. The number of carbonyl (C=O) groups excluding carboxylic acids is 1. The van der Waals surface area contributed by atoms with Crippen molar-refractivity contribution in [2.24, 2.45) is 0 Å². The van der Waals surface area contributed by atoms with Gasteiger partial charge in [0, 0.05) is 13.2 Å². The van der Waals surface area contributed by atoms with Crippen LogP contribution in [0.4, 0.5) is 0 Å². The second kappa shape index (κ2) is 8.66. The van der Waals surface area contributed by atoms with E-state index in [1.54, 1.807) is 24.3 Å². The maximum atomic E-state index is 10.8. The molecule has 0 radical (unpaired) electrons. The van der Waals surface area contributed by atoms with E-state index < -0.39 is 12.1 Å². The molecule has 0 amide bonds. The molecule has 0 bridgehead atoms. The number of hydrogen-bond donors (Lipinski definition) is 1. The molecule has 1 atom stereocenters. The number of aliphatic hydroxyl groups is 1. The summed E-state index contributed by atoms with van der Waals surface area (Å²) < 4.78 is 9.45. The highest BCUT2D eigenvalue weighted by Gasteiger charge is 2.16. The van der Waals surface area contributed by atoms with Crippen molar-refractivity contribution in [2.75, 3.05) is 20.3 Å². The molecule has 1 unspecified atom stereocenters. The Morgan fingerprint density at radius 1 is 1.22 bits per heavy atom. The zero-order valence-corrected chi connectivity index (χ0v) is 10.7. The fourth-order valence-corrected chi connectivity index (χ4v) is 1.57. The zero-order valence-electron chi connectivity index (χ0n) is 10.7. The summed E-state index contributed by atoms with van der Waals surface area (Å²) in [6.07, 6.45) is 2.76. The first-order chi connectivity index (χ1) is 8.75. The average Bonchev–Trinajstić information content (AvgIpc) is 2.49. The number of rotatable bonds is 2. The van der Waals surface area contributed by atoms with Gasteiger partial charge in [0.05, 0.1) is 7.11 Å². The normalized spacial score (nSPS) is 16.1. The van der Waals surface area contributed by atoms with Crippen molar-refractivity contribution >= 4 is 5.97 Å². The predicted molar refractivity (Wildman–Crippen MR) is 68.1 cm³/mol. The van der Waals surface area contributed by atoms with Gasteiger partial charge in [-0.3, -0.25) is 0 Å². The standard InChI is InChI=1S/C9H10O3.C5H10O/c1-12-9(11)8(10)7-5-3-2-4-6-7;1-2-4-6-5-3-1/h2-6,8,10H,1H3;1-5H2. The molecule has 1 aromatic carbocycles. The molecule has 0 saturated carbocycles. The van der Waals surface area contributed by atoms with Crippen molar-refractivity contribution in [3.05, 3.63) is 35.9 Å². The minimum Gasteiger partial charge on any atom is -0.467 e. The molecule has 1 fully saturated rings. The zero-order chi connectivity index (χ0) is 13.2. The van der Waals surface area contributed by atoms with E-state index in [9.17, 15) is 9.90 Å². The third-order valence-electron chi connectivity index (χ3n) is 2.62. The second-order valence-corrected chi connectivity index (χ2v) is 4.01. The van der Waals surface area contributed by atoms with Crippen molar-refractivity contribution in [3.63, 3.8) is 0 Å². The van der Waals surface area contributed by atoms with Gasteiger partial charge in [0.2, 0.25) is 0 Å². The Morgan fingerprint density at radius 3 is 2.22 bits per heavy atom. The quantitative estimate of drug-likeness (QED) is 0.819. The lowest BCUT2D eigenvalue weighted by Crippen LogP contribution is -2.13. The first-order valence-electron chi connectivity index (χ1n) is 6.14. The summed E-state index contributed by atoms with van der Waals surface area (Å²) in [6.45, 7) is 2.00. The number of methoxy groups -OCH3 is 1. The molecule has 1 saturated heterocycles. The molecule has 1 aromatic rings. The van der Waals surface area contributed by atoms with Crippen molar-refractivity contribution in [2.45, 2.75) is 25.4 Å². The third-order valence-corrected chi connectivity index (χ3v) is 2.62. The Hall–Kier alpha value is -1.39. The lowest BCUT2D eigenvalue weighted by Gasteiger charge is -2.08. The van der Waals surface area contributed by atoms with E-state index >= 15 is 0 Å². The molecular weight excluding hydrogens is 232 g/mol. The van der Waals surface area contributed by atoms with Crippen LogP contribution < -0.4 is 0 Å². The first-order valence-corrected chi connectivity index (χ1v) is 6.14. The highest BCUT2D eigenvalue weighted by molar-refractivity contribution is 5.75. The first kappa shape index (κ1) is 14.7. The Labute approximate surface area is 108 Å². The van der Waals surface area contributed by atoms with Crippen molar-refractivity contribution in [1.29, 1.82) is 0 Å². The SMILES string of the molecule is C1CCOCC1.COC(=O)C(O)c1ccccc1. The topological polar surface area (TPSA) is 55.8 Å². The van der Waals surface area contributed by atoms with E-state index in [0.29, 0.717) is 5.56 Å². The Morgan fingerprint density at radius 2 is 1.83 bits per heavy atom. The van der Waals surface area contributed by atoms with Crippen LogP contribution in [0.2, 0.25) is 0 Å². The predicted octanol–water partition coefficient (Wildman–Crippen LogP) is 2.08. The lowest BCUT2D eigenvalue weighted by molar-refractivity contribution is -0.150. The largest absolute Gasteiger partial charge is 0.467 e. The van der Waals surface area contributed by atoms with Gasteiger partial charge < -0.3 is 14.6 Å². The van der Waals surface area contributed by atoms with Crippen LogP contribution in [0.5, 0.6) is 0 Å². The summed E-state index contributed by atoms with van der Waals surface area (Å²) >= 11 is 0. The van der Waals surface area contributed by atoms with Crippen LogP contribution in [0.3, 0.4) is 0 Å². The maximum Gasteiger partial charge on any atom is 0.339 e. The second-order valence-electron chi connectivity index (χ2n) is 4.01. The maximum absolute atomic E-state index is 10.8. The van der Waals surface area contributed by atoms with Crippen LogP contribution in [-0.2, 0) is 14.3 Å². The van der Waals surface area contributed by atoms with Crippen LogP contribution in [0.25, 0.3) is 0 Å². The molecule has 2 rings (SSSR count). The molecule has 1 aliphatic heterocycles. The summed E-state index contributed by atoms with van der Waals surface area (Å²) in [4.78, 5) is 10.8. The van der Waals surface area contributed by atoms with Gasteiger partial charge in [-0.25, -0.2) is 4.79 Å². The molecule has 100 valence electrons. The van der Waals surface area contributed by atoms with Gasteiger partial charge in [0.25, 0.3) is 0 Å². The number of ether oxygens (including phenoxy) is 2. The van der Waals surface area contributed by atoms with Crippen LogP contribution in [0, 0.1) is 0 Å². The van der Waals surface area contributed by atoms with Gasteiger partial charge in [-0.1, -0.05) is 30.3 Å². The van der Waals surface area contributed by atoms with Gasteiger partial charge in [0.1, 0.15) is 0 Å². The van der Waals surface area contributed by atoms with Crippen LogP contribution in [0.1, 0.15) is 30.9 Å². The number of esters is 1. The number of hydrogen-bond acceptors (Lipinski definition) is 4. The molecule has 4 nitrogen and oxygen atoms in total. The molecule has 4 heteroatoms. The highest BCUT2D eigenvalue weighted by atomic mass is 16.5. The summed E-state index contributed by atoms with van der Waals surface area (Å²) in [5, 5.41) is 9.31. The van der Waals surface area contributed by atoms with Crippen molar-refractivity contribution in [3.8, 4) is 0 Å². The van der Waals surface area contributed by atoms with E-state index in [0.717, 1.165) is 13.2 Å². The van der Waals surface area contributed by atoms with E-state index in [2.05, 4.69) is 4.74 Å². The Bertz CT molecular complexity index is 321. The van der Waals surface area contributed by atoms with E-state index in [-0.39, 0.29) is 0 Å². The molecule has 18 heavy (non-hydrogen) atoms. The lowest BCUT2D eigenvalue weighted by atomic mass is 10.1. The average molecular weight is 252 g/mol. The van der Waals surface area contributed by atoms with Crippen LogP contribution >= 0.6 is 0 Å². The van der Waals surface area contributed by atoms with Gasteiger partial charge in [-0.2, -0.15) is 0 Å². The monoisotopic (exact) mass is 252 g/mol. The van der Waals surface area contributed by atoms with Gasteiger partial charge in [-0.05, 0) is 24.8 Å². The van der Waals surface area contributed by atoms with Crippen LogP contribution in [0.15, 0.2) is 30.3 Å². The van der Waals surface area contributed by atoms with E-state index in [4.69, 9.17) is 4.74 Å². The Kier molecular flexibility index (Phi) is 7.06. The van der Waals surface area contributed by atoms with E-state index in [1.807, 2.05) is 6.07 Å². The van der Waals surface area contributed by atoms with E-state index in [1.165, 1.54) is 26.4 Å². The minimum atomic E-state index is -1.17. The van der Waals surface area contributed by atoms with Crippen molar-refractivity contribution in [1.82, 2.24) is 0 Å². The summed E-state index contributed by atoms with van der Waals surface area (Å²) in [5.74, 6) is -0.638. The molecule has 1 heterocycles. The third kappa shape index (κ3) is 5.29. The smallest absolute Gasteiger partial charge is 0.339 e. The molecule has 0 spiro atoms. The number of carbonyl (C=O) groups is 1. The van der Waals surface area contributed by atoms with Gasteiger partial charge in [0.15, 0.2) is 6.10 Å². The molecule has 1 N–H and O–H groups in total. The minimum absolute atomic E-state index is 0.546. The summed E-state index contributed by atoms with van der Waals surface area (Å²) in [6, 6.07) is 8.65.